The molecule has 1 N–H and O–H groups in total. The summed E-state index contributed by atoms with van der Waals surface area (Å²) in [6, 6.07) is 10.7. The van der Waals surface area contributed by atoms with Crippen LogP contribution in [0.5, 0.6) is 0 Å². The van der Waals surface area contributed by atoms with E-state index in [4.69, 9.17) is 27.9 Å². The number of nitro benzene ring substituents is 1. The van der Waals surface area contributed by atoms with Crippen molar-refractivity contribution in [3.05, 3.63) is 74.3 Å². The number of anilines is 1. The first-order valence-electron chi connectivity index (χ1n) is 7.20. The summed E-state index contributed by atoms with van der Waals surface area (Å²) < 4.78 is 4.80. The van der Waals surface area contributed by atoms with Gasteiger partial charge in [0.05, 0.1) is 4.92 Å². The molecular formula is C17H12Cl2N2O5. The molecule has 2 rings (SSSR count). The van der Waals surface area contributed by atoms with Crippen molar-refractivity contribution in [3.63, 3.8) is 0 Å². The lowest BCUT2D eigenvalue weighted by molar-refractivity contribution is -0.384. The predicted molar refractivity (Wildman–Crippen MR) is 98.2 cm³/mol. The summed E-state index contributed by atoms with van der Waals surface area (Å²) in [5, 5.41) is 13.6. The van der Waals surface area contributed by atoms with Crippen LogP contribution < -0.4 is 5.32 Å². The molecule has 0 atom stereocenters. The minimum atomic E-state index is -0.734. The van der Waals surface area contributed by atoms with Crippen molar-refractivity contribution in [1.29, 1.82) is 0 Å². The molecule has 26 heavy (non-hydrogen) atoms. The van der Waals surface area contributed by atoms with Crippen LogP contribution in [0.15, 0.2) is 48.5 Å². The molecule has 0 spiro atoms. The molecule has 1 amide bonds. The third-order valence-corrected chi connectivity index (χ3v) is 3.74. The van der Waals surface area contributed by atoms with Crippen molar-refractivity contribution in [2.45, 2.75) is 0 Å². The van der Waals surface area contributed by atoms with Crippen molar-refractivity contribution >= 4 is 52.5 Å². The number of esters is 1. The van der Waals surface area contributed by atoms with Crippen molar-refractivity contribution in [2.24, 2.45) is 0 Å². The topological polar surface area (TPSA) is 98.5 Å². The highest BCUT2D eigenvalue weighted by Gasteiger charge is 2.14. The van der Waals surface area contributed by atoms with Gasteiger partial charge >= 0.3 is 5.97 Å². The molecule has 0 heterocycles. The van der Waals surface area contributed by atoms with Crippen LogP contribution in [0, 0.1) is 10.1 Å². The van der Waals surface area contributed by atoms with Crippen LogP contribution in [0.3, 0.4) is 0 Å². The number of benzene rings is 2. The Morgan fingerprint density at radius 3 is 2.58 bits per heavy atom. The van der Waals surface area contributed by atoms with E-state index >= 15 is 0 Å². The molecule has 0 unspecified atom stereocenters. The van der Waals surface area contributed by atoms with Crippen LogP contribution in [-0.2, 0) is 14.3 Å². The first kappa shape index (κ1) is 19.4. The third kappa shape index (κ3) is 5.58. The van der Waals surface area contributed by atoms with E-state index in [9.17, 15) is 19.7 Å². The van der Waals surface area contributed by atoms with E-state index in [0.29, 0.717) is 10.6 Å². The van der Waals surface area contributed by atoms with Gasteiger partial charge in [0.25, 0.3) is 11.6 Å². The number of halogens is 2. The Balaban J connectivity index is 1.89. The average Bonchev–Trinajstić information content (AvgIpc) is 2.60. The number of nitro groups is 1. The second-order valence-corrected chi connectivity index (χ2v) is 5.75. The number of nitrogens with zero attached hydrogens (tertiary/aromatic N) is 1. The standard InChI is InChI=1S/C17H12Cl2N2O5/c18-13-4-2-1-3-11(13)5-8-17(23)26-10-16(22)20-12-6-7-14(19)15(9-12)21(24)25/h1-9H,10H2,(H,20,22)/b8-5+. The first-order chi connectivity index (χ1) is 12.4. The fourth-order valence-electron chi connectivity index (χ4n) is 1.88. The maximum absolute atomic E-state index is 11.8. The van der Waals surface area contributed by atoms with E-state index < -0.39 is 23.4 Å². The Morgan fingerprint density at radius 2 is 1.88 bits per heavy atom. The van der Waals surface area contributed by atoms with Crippen LogP contribution in [0.25, 0.3) is 6.08 Å². The molecule has 0 aliphatic heterocycles. The highest BCUT2D eigenvalue weighted by molar-refractivity contribution is 6.32. The summed E-state index contributed by atoms with van der Waals surface area (Å²) >= 11 is 11.6. The molecule has 9 heteroatoms. The number of carbonyl (C=O) groups excluding carboxylic acids is 2. The predicted octanol–water partition coefficient (Wildman–Crippen LogP) is 4.10. The second-order valence-electron chi connectivity index (χ2n) is 4.93. The smallest absolute Gasteiger partial charge is 0.331 e. The zero-order chi connectivity index (χ0) is 19.1. The SMILES string of the molecule is O=C(COC(=O)/C=C/c1ccccc1Cl)Nc1ccc(Cl)c([N+](=O)[O-])c1. The first-order valence-corrected chi connectivity index (χ1v) is 7.95. The van der Waals surface area contributed by atoms with Gasteiger partial charge in [-0.1, -0.05) is 41.4 Å². The number of hydrogen-bond donors (Lipinski definition) is 1. The van der Waals surface area contributed by atoms with Crippen molar-refractivity contribution in [2.75, 3.05) is 11.9 Å². The van der Waals surface area contributed by atoms with Gasteiger partial charge in [0.15, 0.2) is 6.61 Å². The summed E-state index contributed by atoms with van der Waals surface area (Å²) in [5.41, 5.74) is 0.446. The summed E-state index contributed by atoms with van der Waals surface area (Å²) in [7, 11) is 0. The fraction of sp³-hybridized carbons (Fsp3) is 0.0588. The maximum Gasteiger partial charge on any atom is 0.331 e. The van der Waals surface area contributed by atoms with Crippen molar-refractivity contribution < 1.29 is 19.2 Å². The molecule has 7 nitrogen and oxygen atoms in total. The minimum absolute atomic E-state index is 0.0517. The highest BCUT2D eigenvalue weighted by Crippen LogP contribution is 2.27. The van der Waals surface area contributed by atoms with Gasteiger partial charge in [0.2, 0.25) is 0 Å². The molecule has 0 saturated carbocycles. The molecule has 0 aliphatic carbocycles. The zero-order valence-electron chi connectivity index (χ0n) is 13.1. The summed E-state index contributed by atoms with van der Waals surface area (Å²) in [4.78, 5) is 33.5. The van der Waals surface area contributed by atoms with Crippen LogP contribution in [0.2, 0.25) is 10.0 Å². The minimum Gasteiger partial charge on any atom is -0.452 e. The molecule has 2 aromatic rings. The zero-order valence-corrected chi connectivity index (χ0v) is 14.7. The highest BCUT2D eigenvalue weighted by atomic mass is 35.5. The Bertz CT molecular complexity index is 883. The van der Waals surface area contributed by atoms with Gasteiger partial charge < -0.3 is 10.1 Å². The van der Waals surface area contributed by atoms with Gasteiger partial charge in [-0.25, -0.2) is 4.79 Å². The van der Waals surface area contributed by atoms with E-state index in [0.717, 1.165) is 12.1 Å². The van der Waals surface area contributed by atoms with Crippen LogP contribution in [0.4, 0.5) is 11.4 Å². The van der Waals surface area contributed by atoms with Crippen molar-refractivity contribution in [1.82, 2.24) is 0 Å². The number of hydrogen-bond acceptors (Lipinski definition) is 5. The summed E-state index contributed by atoms with van der Waals surface area (Å²) in [5.74, 6) is -1.39. The Morgan fingerprint density at radius 1 is 1.15 bits per heavy atom. The number of amides is 1. The Hall–Kier alpha value is -2.90. The quantitative estimate of drug-likeness (QED) is 0.344. The molecule has 2 aromatic carbocycles. The number of rotatable bonds is 6. The van der Waals surface area contributed by atoms with E-state index in [1.54, 1.807) is 24.3 Å². The Kier molecular flexibility index (Phi) is 6.71. The molecule has 0 aliphatic rings. The van der Waals surface area contributed by atoms with E-state index in [1.807, 2.05) is 0 Å². The molecule has 0 radical (unpaired) electrons. The van der Waals surface area contributed by atoms with Gasteiger partial charge in [-0.15, -0.1) is 0 Å². The van der Waals surface area contributed by atoms with Crippen LogP contribution in [-0.4, -0.2) is 23.4 Å². The van der Waals surface area contributed by atoms with Gasteiger partial charge in [0.1, 0.15) is 5.02 Å². The van der Waals surface area contributed by atoms with E-state index in [-0.39, 0.29) is 16.4 Å². The van der Waals surface area contributed by atoms with Crippen molar-refractivity contribution in [3.8, 4) is 0 Å². The lowest BCUT2D eigenvalue weighted by Gasteiger charge is -2.06. The molecule has 0 saturated heterocycles. The summed E-state index contributed by atoms with van der Waals surface area (Å²) in [6.07, 6.45) is 2.60. The van der Waals surface area contributed by atoms with Gasteiger partial charge in [-0.2, -0.15) is 0 Å². The summed E-state index contributed by atoms with van der Waals surface area (Å²) in [6.45, 7) is -0.553. The van der Waals surface area contributed by atoms with Gasteiger partial charge in [-0.3, -0.25) is 14.9 Å². The third-order valence-electron chi connectivity index (χ3n) is 3.08. The molecule has 0 bridgehead atoms. The van der Waals surface area contributed by atoms with Gasteiger partial charge in [0, 0.05) is 22.9 Å². The monoisotopic (exact) mass is 394 g/mol. The largest absolute Gasteiger partial charge is 0.452 e. The second kappa shape index (κ2) is 8.98. The number of ether oxygens (including phenoxy) is 1. The van der Waals surface area contributed by atoms with E-state index in [2.05, 4.69) is 5.32 Å². The van der Waals surface area contributed by atoms with E-state index in [1.165, 1.54) is 18.2 Å². The van der Waals surface area contributed by atoms with Crippen LogP contribution in [0.1, 0.15) is 5.56 Å². The molecular weight excluding hydrogens is 383 g/mol. The normalized spacial score (nSPS) is 10.5. The number of nitrogens with one attached hydrogen (secondary N) is 1. The van der Waals surface area contributed by atoms with Crippen LogP contribution >= 0.6 is 23.2 Å². The lowest BCUT2D eigenvalue weighted by atomic mass is 10.2. The van der Waals surface area contributed by atoms with Gasteiger partial charge in [-0.05, 0) is 29.8 Å². The lowest BCUT2D eigenvalue weighted by Crippen LogP contribution is -2.20. The molecule has 134 valence electrons. The maximum atomic E-state index is 11.8. The fourth-order valence-corrected chi connectivity index (χ4v) is 2.27. The Labute approximate surface area is 158 Å². The molecule has 0 aromatic heterocycles. The number of carbonyl (C=O) groups is 2. The average molecular weight is 395 g/mol. The molecule has 0 fully saturated rings.